The number of nitrogens with zero attached hydrogens (tertiary/aromatic N) is 5. The second-order valence-corrected chi connectivity index (χ2v) is 8.74. The number of rotatable bonds is 8. The lowest BCUT2D eigenvalue weighted by molar-refractivity contribution is 1.06. The molecule has 0 aliphatic carbocycles. The van der Waals surface area contributed by atoms with Gasteiger partial charge in [0, 0.05) is 0 Å². The zero-order valence-corrected chi connectivity index (χ0v) is 21.5. The molecule has 5 rings (SSSR count). The molecular formula is C33H29N5. The van der Waals surface area contributed by atoms with Crippen molar-refractivity contribution in [2.24, 2.45) is 10.2 Å². The fraction of sp³-hybridized carbons (Fsp3) is 0.0606. The molecule has 0 aliphatic rings. The molecule has 0 saturated carbocycles. The maximum absolute atomic E-state index is 4.98. The lowest BCUT2D eigenvalue weighted by Crippen LogP contribution is -2.15. The fourth-order valence-electron chi connectivity index (χ4n) is 4.05. The minimum absolute atomic E-state index is 0.792. The molecular weight excluding hydrogens is 466 g/mol. The number of anilines is 4. The summed E-state index contributed by atoms with van der Waals surface area (Å²) in [5.74, 6) is 0. The van der Waals surface area contributed by atoms with Gasteiger partial charge in [0.25, 0.3) is 0 Å². The van der Waals surface area contributed by atoms with E-state index in [0.717, 1.165) is 45.6 Å². The van der Waals surface area contributed by atoms with E-state index in [0.29, 0.717) is 0 Å². The molecule has 0 aliphatic heterocycles. The van der Waals surface area contributed by atoms with Gasteiger partial charge in [-0.05, 0) is 74.5 Å². The van der Waals surface area contributed by atoms with E-state index in [2.05, 4.69) is 0 Å². The van der Waals surface area contributed by atoms with Gasteiger partial charge < -0.3 is 0 Å². The van der Waals surface area contributed by atoms with Gasteiger partial charge in [-0.3, -0.25) is 0 Å². The minimum atomic E-state index is 0.792. The molecule has 0 fully saturated rings. The van der Waals surface area contributed by atoms with E-state index in [9.17, 15) is 0 Å². The van der Waals surface area contributed by atoms with Crippen LogP contribution in [-0.2, 0) is 0 Å². The largest absolute Gasteiger partial charge is 0.245 e. The Hall–Kier alpha value is -5.03. The number of hydrazone groups is 2. The molecule has 1 aromatic heterocycles. The molecule has 0 unspecified atom stereocenters. The third-order valence-electron chi connectivity index (χ3n) is 5.99. The van der Waals surface area contributed by atoms with Crippen molar-refractivity contribution in [2.75, 3.05) is 10.0 Å². The van der Waals surface area contributed by atoms with Crippen LogP contribution in [0.2, 0.25) is 0 Å². The van der Waals surface area contributed by atoms with Gasteiger partial charge in [0.1, 0.15) is 0 Å². The molecule has 186 valence electrons. The SMILES string of the molecule is C/C(=N\N(c1ccccc1)c1ccccc1)c1cccc(/C(C)=N/N(c2ccccc2)c2ccccc2)n1. The zero-order chi connectivity index (χ0) is 26.2. The molecule has 1 heterocycles. The Morgan fingerprint density at radius 2 is 0.711 bits per heavy atom. The van der Waals surface area contributed by atoms with Crippen molar-refractivity contribution in [2.45, 2.75) is 13.8 Å². The summed E-state index contributed by atoms with van der Waals surface area (Å²) in [6.07, 6.45) is 0. The van der Waals surface area contributed by atoms with E-state index in [1.807, 2.05) is 163 Å². The number of hydrogen-bond acceptors (Lipinski definition) is 5. The maximum Gasteiger partial charge on any atom is 0.0867 e. The quantitative estimate of drug-likeness (QED) is 0.161. The minimum Gasteiger partial charge on any atom is -0.245 e. The van der Waals surface area contributed by atoms with Gasteiger partial charge >= 0.3 is 0 Å². The predicted molar refractivity (Wildman–Crippen MR) is 159 cm³/mol. The van der Waals surface area contributed by atoms with Gasteiger partial charge in [-0.2, -0.15) is 10.2 Å². The highest BCUT2D eigenvalue weighted by Gasteiger charge is 2.13. The van der Waals surface area contributed by atoms with Gasteiger partial charge in [0.05, 0.1) is 45.6 Å². The Bertz CT molecular complexity index is 1320. The van der Waals surface area contributed by atoms with Gasteiger partial charge in [-0.25, -0.2) is 15.0 Å². The molecule has 5 nitrogen and oxygen atoms in total. The second kappa shape index (κ2) is 11.8. The highest BCUT2D eigenvalue weighted by atomic mass is 15.5. The van der Waals surface area contributed by atoms with Gasteiger partial charge in [0.2, 0.25) is 0 Å². The highest BCUT2D eigenvalue weighted by Crippen LogP contribution is 2.27. The van der Waals surface area contributed by atoms with Crippen LogP contribution in [0.25, 0.3) is 0 Å². The zero-order valence-electron chi connectivity index (χ0n) is 21.5. The molecule has 4 aromatic carbocycles. The third kappa shape index (κ3) is 5.85. The summed E-state index contributed by atoms with van der Waals surface area (Å²) in [4.78, 5) is 4.94. The molecule has 0 amide bonds. The summed E-state index contributed by atoms with van der Waals surface area (Å²) >= 11 is 0. The number of aromatic nitrogens is 1. The van der Waals surface area contributed by atoms with Crippen molar-refractivity contribution >= 4 is 34.2 Å². The Morgan fingerprint density at radius 3 is 1.00 bits per heavy atom. The number of benzene rings is 4. The van der Waals surface area contributed by atoms with Crippen LogP contribution in [-0.4, -0.2) is 16.4 Å². The Morgan fingerprint density at radius 1 is 0.421 bits per heavy atom. The van der Waals surface area contributed by atoms with Crippen LogP contribution in [0.15, 0.2) is 150 Å². The summed E-state index contributed by atoms with van der Waals surface area (Å²) in [5.41, 5.74) is 7.11. The summed E-state index contributed by atoms with van der Waals surface area (Å²) in [6, 6.07) is 46.5. The number of hydrogen-bond donors (Lipinski definition) is 0. The number of pyridine rings is 1. The van der Waals surface area contributed by atoms with E-state index in [-0.39, 0.29) is 0 Å². The Balaban J connectivity index is 1.50. The summed E-state index contributed by atoms with van der Waals surface area (Å²) < 4.78 is 0. The smallest absolute Gasteiger partial charge is 0.0867 e. The van der Waals surface area contributed by atoms with Crippen molar-refractivity contribution in [3.63, 3.8) is 0 Å². The summed E-state index contributed by atoms with van der Waals surface area (Å²) in [5, 5.41) is 13.8. The first-order valence-electron chi connectivity index (χ1n) is 12.6. The van der Waals surface area contributed by atoms with E-state index >= 15 is 0 Å². The second-order valence-electron chi connectivity index (χ2n) is 8.74. The molecule has 0 spiro atoms. The topological polar surface area (TPSA) is 44.1 Å². The average molecular weight is 496 g/mol. The van der Waals surface area contributed by atoms with E-state index < -0.39 is 0 Å². The molecule has 0 saturated heterocycles. The van der Waals surface area contributed by atoms with Crippen molar-refractivity contribution in [3.8, 4) is 0 Å². The standard InChI is InChI=1S/C33H29N5/c1-26(35-37(28-16-7-3-8-17-28)29-18-9-4-10-19-29)32-24-15-25-33(34-32)27(2)36-38(30-20-11-5-12-21-30)31-22-13-6-14-23-31/h3-25H,1-2H3/b35-26+,36-27+. The van der Waals surface area contributed by atoms with Crippen molar-refractivity contribution < 1.29 is 0 Å². The molecule has 5 aromatic rings. The van der Waals surface area contributed by atoms with E-state index in [1.165, 1.54) is 0 Å². The average Bonchev–Trinajstić information content (AvgIpc) is 3.00. The van der Waals surface area contributed by atoms with Gasteiger partial charge in [-0.1, -0.05) is 78.9 Å². The third-order valence-corrected chi connectivity index (χ3v) is 5.99. The van der Waals surface area contributed by atoms with E-state index in [4.69, 9.17) is 15.2 Å². The molecule has 0 N–H and O–H groups in total. The van der Waals surface area contributed by atoms with Crippen LogP contribution in [0, 0.1) is 0 Å². The maximum atomic E-state index is 4.98. The molecule has 5 heteroatoms. The van der Waals surface area contributed by atoms with Crippen LogP contribution in [0.1, 0.15) is 25.2 Å². The van der Waals surface area contributed by atoms with Crippen molar-refractivity contribution in [1.29, 1.82) is 0 Å². The molecule has 0 bridgehead atoms. The van der Waals surface area contributed by atoms with Gasteiger partial charge in [-0.15, -0.1) is 0 Å². The fourth-order valence-corrected chi connectivity index (χ4v) is 4.05. The van der Waals surface area contributed by atoms with Crippen LogP contribution in [0.5, 0.6) is 0 Å². The summed E-state index contributed by atoms with van der Waals surface area (Å²) in [7, 11) is 0. The van der Waals surface area contributed by atoms with Crippen molar-refractivity contribution in [1.82, 2.24) is 4.98 Å². The Kier molecular flexibility index (Phi) is 7.66. The number of para-hydroxylation sites is 4. The lowest BCUT2D eigenvalue weighted by atomic mass is 10.2. The highest BCUT2D eigenvalue weighted by molar-refractivity contribution is 6.01. The predicted octanol–water partition coefficient (Wildman–Crippen LogP) is 8.21. The van der Waals surface area contributed by atoms with Crippen molar-refractivity contribution in [3.05, 3.63) is 151 Å². The van der Waals surface area contributed by atoms with Crippen LogP contribution in [0.3, 0.4) is 0 Å². The monoisotopic (exact) mass is 495 g/mol. The van der Waals surface area contributed by atoms with Crippen LogP contribution < -0.4 is 10.0 Å². The van der Waals surface area contributed by atoms with Crippen LogP contribution in [0.4, 0.5) is 22.7 Å². The first-order chi connectivity index (χ1) is 18.7. The van der Waals surface area contributed by atoms with E-state index in [1.54, 1.807) is 0 Å². The molecule has 0 radical (unpaired) electrons. The molecule has 38 heavy (non-hydrogen) atoms. The first kappa shape index (κ1) is 24.7. The first-order valence-corrected chi connectivity index (χ1v) is 12.6. The normalized spacial score (nSPS) is 11.7. The Labute approximate surface area is 224 Å². The van der Waals surface area contributed by atoms with Gasteiger partial charge in [0.15, 0.2) is 0 Å². The lowest BCUT2D eigenvalue weighted by Gasteiger charge is -2.21. The van der Waals surface area contributed by atoms with Crippen LogP contribution >= 0.6 is 0 Å². The molecule has 0 atom stereocenters. The summed E-state index contributed by atoms with van der Waals surface area (Å²) in [6.45, 7) is 3.97.